The van der Waals surface area contributed by atoms with E-state index < -0.39 is 5.82 Å². The molecule has 1 N–H and O–H groups in total. The second kappa shape index (κ2) is 5.35. The van der Waals surface area contributed by atoms with E-state index in [-0.39, 0.29) is 4.77 Å². The highest BCUT2D eigenvalue weighted by Gasteiger charge is 2.06. The van der Waals surface area contributed by atoms with Crippen LogP contribution in [-0.2, 0) is 0 Å². The van der Waals surface area contributed by atoms with Crippen LogP contribution in [0.1, 0.15) is 0 Å². The Morgan fingerprint density at radius 1 is 0.850 bits per heavy atom. The Morgan fingerprint density at radius 3 is 2.15 bits per heavy atom. The van der Waals surface area contributed by atoms with Crippen molar-refractivity contribution in [1.82, 2.24) is 9.97 Å². The molecule has 2 nitrogen and oxygen atoms in total. The molecule has 0 atom stereocenters. The molecule has 0 fully saturated rings. The van der Waals surface area contributed by atoms with Crippen molar-refractivity contribution in [1.29, 1.82) is 0 Å². The van der Waals surface area contributed by atoms with Gasteiger partial charge in [-0.3, -0.25) is 0 Å². The van der Waals surface area contributed by atoms with Gasteiger partial charge in [0, 0.05) is 5.56 Å². The molecule has 98 valence electrons. The average molecular weight is 282 g/mol. The van der Waals surface area contributed by atoms with E-state index in [2.05, 4.69) is 9.97 Å². The highest BCUT2D eigenvalue weighted by Crippen LogP contribution is 2.24. The van der Waals surface area contributed by atoms with Crippen LogP contribution < -0.4 is 0 Å². The number of aromatic nitrogens is 2. The Balaban J connectivity index is 2.02. The summed E-state index contributed by atoms with van der Waals surface area (Å²) in [6.07, 6.45) is 1.14. The lowest BCUT2D eigenvalue weighted by molar-refractivity contribution is 0.617. The highest BCUT2D eigenvalue weighted by atomic mass is 32.1. The summed E-state index contributed by atoms with van der Waals surface area (Å²) < 4.78 is 14.0. The van der Waals surface area contributed by atoms with Crippen LogP contribution in [0.5, 0.6) is 0 Å². The number of aromatic amines is 1. The highest BCUT2D eigenvalue weighted by molar-refractivity contribution is 7.71. The molecule has 0 unspecified atom stereocenters. The maximum Gasteiger partial charge on any atom is 0.197 e. The van der Waals surface area contributed by atoms with E-state index in [1.807, 2.05) is 54.6 Å². The molecule has 0 spiro atoms. The van der Waals surface area contributed by atoms with Gasteiger partial charge in [0.05, 0.1) is 11.9 Å². The zero-order valence-corrected chi connectivity index (χ0v) is 11.3. The largest absolute Gasteiger partial charge is 0.328 e. The van der Waals surface area contributed by atoms with Crippen molar-refractivity contribution in [3.05, 3.63) is 71.4 Å². The summed E-state index contributed by atoms with van der Waals surface area (Å²) in [6, 6.07) is 17.7. The SMILES string of the molecule is Fc1cnc(=S)[nH]c1-c1ccc(-c2ccccc2)cc1. The van der Waals surface area contributed by atoms with E-state index in [9.17, 15) is 4.39 Å². The van der Waals surface area contributed by atoms with Crippen molar-refractivity contribution in [2.24, 2.45) is 0 Å². The second-order valence-electron chi connectivity index (χ2n) is 4.35. The molecule has 0 amide bonds. The predicted molar refractivity (Wildman–Crippen MR) is 80.3 cm³/mol. The molecule has 0 saturated carbocycles. The first-order valence-electron chi connectivity index (χ1n) is 6.15. The first-order chi connectivity index (χ1) is 9.74. The van der Waals surface area contributed by atoms with Crippen molar-refractivity contribution in [3.63, 3.8) is 0 Å². The summed E-state index contributed by atoms with van der Waals surface area (Å²) in [6.45, 7) is 0. The minimum absolute atomic E-state index is 0.272. The molecule has 3 rings (SSSR count). The fourth-order valence-electron chi connectivity index (χ4n) is 2.05. The van der Waals surface area contributed by atoms with E-state index in [4.69, 9.17) is 12.2 Å². The van der Waals surface area contributed by atoms with E-state index >= 15 is 0 Å². The van der Waals surface area contributed by atoms with Crippen LogP contribution in [0.15, 0.2) is 60.8 Å². The zero-order chi connectivity index (χ0) is 13.9. The summed E-state index contributed by atoms with van der Waals surface area (Å²) in [5.41, 5.74) is 3.32. The smallest absolute Gasteiger partial charge is 0.197 e. The van der Waals surface area contributed by atoms with Crippen LogP contribution in [0, 0.1) is 10.6 Å². The molecule has 0 aliphatic rings. The molecule has 4 heteroatoms. The van der Waals surface area contributed by atoms with Gasteiger partial charge in [0.2, 0.25) is 0 Å². The van der Waals surface area contributed by atoms with Crippen molar-refractivity contribution in [2.45, 2.75) is 0 Å². The number of nitrogens with one attached hydrogen (secondary N) is 1. The Kier molecular flexibility index (Phi) is 3.39. The first-order valence-corrected chi connectivity index (χ1v) is 6.55. The molecule has 0 bridgehead atoms. The van der Waals surface area contributed by atoms with Crippen molar-refractivity contribution >= 4 is 12.2 Å². The molecule has 0 aliphatic carbocycles. The van der Waals surface area contributed by atoms with Gasteiger partial charge in [-0.25, -0.2) is 9.37 Å². The number of hydrogen-bond donors (Lipinski definition) is 1. The lowest BCUT2D eigenvalue weighted by Gasteiger charge is -2.05. The van der Waals surface area contributed by atoms with E-state index in [0.29, 0.717) is 5.69 Å². The average Bonchev–Trinajstić information content (AvgIpc) is 2.51. The maximum atomic E-state index is 13.7. The van der Waals surface area contributed by atoms with Crippen molar-refractivity contribution in [2.75, 3.05) is 0 Å². The van der Waals surface area contributed by atoms with Crippen LogP contribution in [0.25, 0.3) is 22.4 Å². The van der Waals surface area contributed by atoms with Crippen LogP contribution in [0.4, 0.5) is 4.39 Å². The van der Waals surface area contributed by atoms with Gasteiger partial charge in [-0.05, 0) is 23.3 Å². The third-order valence-corrected chi connectivity index (χ3v) is 3.25. The maximum absolute atomic E-state index is 13.7. The minimum atomic E-state index is -0.411. The van der Waals surface area contributed by atoms with Gasteiger partial charge in [0.15, 0.2) is 10.6 Å². The quantitative estimate of drug-likeness (QED) is 0.695. The van der Waals surface area contributed by atoms with Crippen LogP contribution in [0.3, 0.4) is 0 Å². The summed E-state index contributed by atoms with van der Waals surface area (Å²) in [5.74, 6) is -0.411. The number of hydrogen-bond acceptors (Lipinski definition) is 2. The predicted octanol–water partition coefficient (Wildman–Crippen LogP) is 4.61. The molecule has 20 heavy (non-hydrogen) atoms. The second-order valence-corrected chi connectivity index (χ2v) is 4.74. The van der Waals surface area contributed by atoms with E-state index in [1.165, 1.54) is 0 Å². The molecule has 2 aromatic carbocycles. The normalized spacial score (nSPS) is 10.4. The zero-order valence-electron chi connectivity index (χ0n) is 10.5. The van der Waals surface area contributed by atoms with Crippen molar-refractivity contribution < 1.29 is 4.39 Å². The van der Waals surface area contributed by atoms with Gasteiger partial charge in [0.25, 0.3) is 0 Å². The van der Waals surface area contributed by atoms with Gasteiger partial charge >= 0.3 is 0 Å². The molecule has 1 aromatic heterocycles. The first kappa shape index (κ1) is 12.7. The third kappa shape index (κ3) is 2.51. The standard InChI is InChI=1S/C16H11FN2S/c17-14-10-18-16(20)19-15(14)13-8-6-12(7-9-13)11-4-2-1-3-5-11/h1-10H,(H,18,19,20). The lowest BCUT2D eigenvalue weighted by atomic mass is 10.0. The van der Waals surface area contributed by atoms with Gasteiger partial charge < -0.3 is 4.98 Å². The third-order valence-electron chi connectivity index (χ3n) is 3.05. The Bertz CT molecular complexity index is 780. The monoisotopic (exact) mass is 282 g/mol. The van der Waals surface area contributed by atoms with E-state index in [1.54, 1.807) is 0 Å². The molecule has 0 saturated heterocycles. The summed E-state index contributed by atoms with van der Waals surface area (Å²) in [7, 11) is 0. The van der Waals surface area contributed by atoms with E-state index in [0.717, 1.165) is 22.9 Å². The van der Waals surface area contributed by atoms with Gasteiger partial charge in [-0.15, -0.1) is 0 Å². The Morgan fingerprint density at radius 2 is 1.45 bits per heavy atom. The minimum Gasteiger partial charge on any atom is -0.328 e. The fourth-order valence-corrected chi connectivity index (χ4v) is 2.20. The van der Waals surface area contributed by atoms with Crippen LogP contribution in [-0.4, -0.2) is 9.97 Å². The number of H-pyrrole nitrogens is 1. The summed E-state index contributed by atoms with van der Waals surface area (Å²) >= 11 is 4.93. The fraction of sp³-hybridized carbons (Fsp3) is 0. The Labute approximate surface area is 121 Å². The van der Waals surface area contributed by atoms with Gasteiger partial charge in [-0.1, -0.05) is 54.6 Å². The van der Waals surface area contributed by atoms with Gasteiger partial charge in [0.1, 0.15) is 0 Å². The molecule has 0 aliphatic heterocycles. The molecular weight excluding hydrogens is 271 g/mol. The Hall–Kier alpha value is -2.33. The molecule has 0 radical (unpaired) electrons. The molecule has 1 heterocycles. The molecular formula is C16H11FN2S. The number of nitrogens with zero attached hydrogens (tertiary/aromatic N) is 1. The van der Waals surface area contributed by atoms with Crippen molar-refractivity contribution in [3.8, 4) is 22.4 Å². The number of benzene rings is 2. The van der Waals surface area contributed by atoms with Crippen LogP contribution >= 0.6 is 12.2 Å². The topological polar surface area (TPSA) is 28.7 Å². The summed E-state index contributed by atoms with van der Waals surface area (Å²) in [4.78, 5) is 6.49. The van der Waals surface area contributed by atoms with Gasteiger partial charge in [-0.2, -0.15) is 0 Å². The number of halogens is 1. The lowest BCUT2D eigenvalue weighted by Crippen LogP contribution is -1.92. The van der Waals surface area contributed by atoms with Crippen LogP contribution in [0.2, 0.25) is 0 Å². The molecule has 3 aromatic rings. The number of rotatable bonds is 2. The summed E-state index contributed by atoms with van der Waals surface area (Å²) in [5, 5.41) is 0.